The topological polar surface area (TPSA) is 64.2 Å². The first kappa shape index (κ1) is 11.1. The van der Waals surface area contributed by atoms with Crippen LogP contribution in [0.3, 0.4) is 0 Å². The second-order valence-corrected chi connectivity index (χ2v) is 3.51. The smallest absolute Gasteiger partial charge is 0.170 e. The van der Waals surface area contributed by atoms with Crippen molar-refractivity contribution in [3.8, 4) is 6.07 Å². The highest BCUT2D eigenvalue weighted by atomic mass is 79.9. The van der Waals surface area contributed by atoms with Crippen molar-refractivity contribution < 1.29 is 14.6 Å². The third-order valence-corrected chi connectivity index (χ3v) is 2.42. The Morgan fingerprint density at radius 1 is 1.43 bits per heavy atom. The van der Waals surface area contributed by atoms with Crippen molar-refractivity contribution in [2.45, 2.75) is 12.2 Å². The highest BCUT2D eigenvalue weighted by molar-refractivity contribution is 9.10. The van der Waals surface area contributed by atoms with Crippen LogP contribution in [0.4, 0.5) is 4.39 Å². The summed E-state index contributed by atoms with van der Waals surface area (Å²) in [7, 11) is 0. The van der Waals surface area contributed by atoms with Crippen LogP contribution in [-0.4, -0.2) is 16.3 Å². The molecule has 14 heavy (non-hydrogen) atoms. The van der Waals surface area contributed by atoms with E-state index in [9.17, 15) is 9.50 Å². The lowest BCUT2D eigenvalue weighted by Gasteiger charge is -2.14. The Hall–Kier alpha value is -0.960. The monoisotopic (exact) mass is 259 g/mol. The maximum Gasteiger partial charge on any atom is 0.170 e. The molecule has 0 aliphatic carbocycles. The fourth-order valence-corrected chi connectivity index (χ4v) is 1.60. The number of rotatable bonds is 2. The van der Waals surface area contributed by atoms with E-state index in [1.54, 1.807) is 0 Å². The van der Waals surface area contributed by atoms with E-state index in [-0.39, 0.29) is 5.56 Å². The molecule has 5 heteroatoms. The van der Waals surface area contributed by atoms with Crippen LogP contribution in [0.2, 0.25) is 0 Å². The number of aliphatic hydroxyl groups excluding tert-OH is 2. The molecule has 0 aliphatic heterocycles. The normalized spacial score (nSPS) is 14.5. The van der Waals surface area contributed by atoms with Crippen LogP contribution in [0.5, 0.6) is 0 Å². The largest absolute Gasteiger partial charge is 0.384 e. The molecule has 0 radical (unpaired) electrons. The third kappa shape index (κ3) is 2.10. The van der Waals surface area contributed by atoms with E-state index in [1.165, 1.54) is 18.2 Å². The molecule has 0 aliphatic rings. The van der Waals surface area contributed by atoms with Gasteiger partial charge in [0.25, 0.3) is 0 Å². The Bertz CT molecular complexity index is 357. The van der Waals surface area contributed by atoms with Crippen LogP contribution in [0.25, 0.3) is 0 Å². The van der Waals surface area contributed by atoms with E-state index in [0.29, 0.717) is 4.47 Å². The Balaban J connectivity index is 3.13. The molecule has 0 aromatic heterocycles. The summed E-state index contributed by atoms with van der Waals surface area (Å²) in [6.45, 7) is 0. The van der Waals surface area contributed by atoms with Gasteiger partial charge in [-0.15, -0.1) is 0 Å². The molecule has 74 valence electrons. The van der Waals surface area contributed by atoms with Crippen LogP contribution in [0.1, 0.15) is 11.7 Å². The zero-order chi connectivity index (χ0) is 10.7. The van der Waals surface area contributed by atoms with E-state index in [0.717, 1.165) is 6.07 Å². The molecule has 0 bridgehead atoms. The Morgan fingerprint density at radius 3 is 2.57 bits per heavy atom. The van der Waals surface area contributed by atoms with Crippen LogP contribution in [0.15, 0.2) is 22.7 Å². The predicted molar refractivity (Wildman–Crippen MR) is 50.7 cm³/mol. The molecule has 0 heterocycles. The van der Waals surface area contributed by atoms with Crippen LogP contribution < -0.4 is 0 Å². The quantitative estimate of drug-likeness (QED) is 0.792. The van der Waals surface area contributed by atoms with Gasteiger partial charge in [-0.1, -0.05) is 22.0 Å². The number of aliphatic hydroxyl groups is 2. The van der Waals surface area contributed by atoms with E-state index < -0.39 is 18.0 Å². The van der Waals surface area contributed by atoms with Gasteiger partial charge < -0.3 is 10.2 Å². The molecule has 0 saturated carbocycles. The van der Waals surface area contributed by atoms with Crippen molar-refractivity contribution in [3.63, 3.8) is 0 Å². The minimum Gasteiger partial charge on any atom is -0.384 e. The minimum absolute atomic E-state index is 0.110. The van der Waals surface area contributed by atoms with Gasteiger partial charge in [-0.2, -0.15) is 5.26 Å². The molecule has 1 aromatic rings. The molecule has 2 N–H and O–H groups in total. The molecule has 0 saturated heterocycles. The lowest BCUT2D eigenvalue weighted by atomic mass is 10.0. The van der Waals surface area contributed by atoms with Gasteiger partial charge in [-0.25, -0.2) is 4.39 Å². The third-order valence-electron chi connectivity index (χ3n) is 1.73. The highest BCUT2D eigenvalue weighted by Gasteiger charge is 2.23. The predicted octanol–water partition coefficient (Wildman–Crippen LogP) is 1.51. The highest BCUT2D eigenvalue weighted by Crippen LogP contribution is 2.27. The summed E-state index contributed by atoms with van der Waals surface area (Å²) in [4.78, 5) is 0. The van der Waals surface area contributed by atoms with E-state index in [1.807, 2.05) is 0 Å². The molecule has 1 rings (SSSR count). The molecule has 0 fully saturated rings. The molecular weight excluding hydrogens is 253 g/mol. The van der Waals surface area contributed by atoms with Gasteiger partial charge in [0.1, 0.15) is 11.9 Å². The van der Waals surface area contributed by atoms with Crippen molar-refractivity contribution in [3.05, 3.63) is 34.1 Å². The first-order valence-electron chi connectivity index (χ1n) is 3.77. The van der Waals surface area contributed by atoms with Crippen molar-refractivity contribution in [2.24, 2.45) is 0 Å². The fraction of sp³-hybridized carbons (Fsp3) is 0.222. The lowest BCUT2D eigenvalue weighted by molar-refractivity contribution is 0.0498. The summed E-state index contributed by atoms with van der Waals surface area (Å²) in [5.74, 6) is -0.666. The van der Waals surface area contributed by atoms with Gasteiger partial charge in [0.05, 0.1) is 6.07 Å². The molecule has 1 aromatic carbocycles. The van der Waals surface area contributed by atoms with E-state index in [4.69, 9.17) is 10.4 Å². The molecule has 2 unspecified atom stereocenters. The molecule has 3 nitrogen and oxygen atoms in total. The Kier molecular flexibility index (Phi) is 3.58. The summed E-state index contributed by atoms with van der Waals surface area (Å²) in [6, 6.07) is 5.55. The van der Waals surface area contributed by atoms with Gasteiger partial charge in [0.2, 0.25) is 0 Å². The number of nitrogens with zero attached hydrogens (tertiary/aromatic N) is 1. The minimum atomic E-state index is -1.64. The SMILES string of the molecule is N#CC(O)C(O)c1c(F)cccc1Br. The Morgan fingerprint density at radius 2 is 2.07 bits per heavy atom. The van der Waals surface area contributed by atoms with Crippen molar-refractivity contribution in [1.29, 1.82) is 5.26 Å². The van der Waals surface area contributed by atoms with Crippen molar-refractivity contribution in [2.75, 3.05) is 0 Å². The van der Waals surface area contributed by atoms with Crippen molar-refractivity contribution >= 4 is 15.9 Å². The van der Waals surface area contributed by atoms with Crippen LogP contribution >= 0.6 is 15.9 Å². The van der Waals surface area contributed by atoms with Gasteiger partial charge in [0.15, 0.2) is 6.10 Å². The number of halogens is 2. The van der Waals surface area contributed by atoms with Crippen LogP contribution in [-0.2, 0) is 0 Å². The first-order chi connectivity index (χ1) is 6.57. The molecule has 0 amide bonds. The summed E-state index contributed by atoms with van der Waals surface area (Å²) >= 11 is 3.02. The van der Waals surface area contributed by atoms with E-state index in [2.05, 4.69) is 15.9 Å². The maximum absolute atomic E-state index is 13.2. The fourth-order valence-electron chi connectivity index (χ4n) is 1.02. The summed E-state index contributed by atoms with van der Waals surface area (Å²) in [6.07, 6.45) is -3.18. The Labute approximate surface area is 88.5 Å². The van der Waals surface area contributed by atoms with Crippen LogP contribution in [0, 0.1) is 17.1 Å². The summed E-state index contributed by atoms with van der Waals surface area (Å²) in [5.41, 5.74) is -0.110. The zero-order valence-corrected chi connectivity index (χ0v) is 8.57. The van der Waals surface area contributed by atoms with Gasteiger partial charge in [-0.3, -0.25) is 0 Å². The standard InChI is InChI=1S/C9H7BrFNO2/c10-5-2-1-3-6(11)8(5)9(14)7(13)4-12/h1-3,7,9,13-14H. The zero-order valence-electron chi connectivity index (χ0n) is 6.98. The number of benzene rings is 1. The van der Waals surface area contributed by atoms with Gasteiger partial charge in [-0.05, 0) is 12.1 Å². The van der Waals surface area contributed by atoms with Gasteiger partial charge in [0, 0.05) is 10.0 Å². The summed E-state index contributed by atoms with van der Waals surface area (Å²) in [5, 5.41) is 26.8. The molecule has 2 atom stereocenters. The first-order valence-corrected chi connectivity index (χ1v) is 4.57. The molecule has 0 spiro atoms. The van der Waals surface area contributed by atoms with Crippen molar-refractivity contribution in [1.82, 2.24) is 0 Å². The second-order valence-electron chi connectivity index (χ2n) is 2.65. The molecular formula is C9H7BrFNO2. The number of hydrogen-bond acceptors (Lipinski definition) is 3. The number of hydrogen-bond donors (Lipinski definition) is 2. The summed E-state index contributed by atoms with van der Waals surface area (Å²) < 4.78 is 13.5. The van der Waals surface area contributed by atoms with E-state index >= 15 is 0 Å². The second kappa shape index (κ2) is 4.51. The average molecular weight is 260 g/mol. The number of nitriles is 1. The van der Waals surface area contributed by atoms with Gasteiger partial charge >= 0.3 is 0 Å². The lowest BCUT2D eigenvalue weighted by Crippen LogP contribution is -2.17. The maximum atomic E-state index is 13.2. The average Bonchev–Trinajstić information content (AvgIpc) is 2.16.